The number of aliphatic hydroxyl groups is 1. The minimum absolute atomic E-state index is 0.596. The predicted octanol–water partition coefficient (Wildman–Crippen LogP) is 2.39. The van der Waals surface area contributed by atoms with Crippen LogP contribution in [0.2, 0.25) is 0 Å². The second-order valence-electron chi connectivity index (χ2n) is 4.30. The molecule has 0 saturated carbocycles. The van der Waals surface area contributed by atoms with Crippen LogP contribution in [0.5, 0.6) is 5.75 Å². The molecule has 1 aromatic carbocycles. The highest BCUT2D eigenvalue weighted by Gasteiger charge is 2.18. The number of rotatable bonds is 8. The topological polar surface area (TPSA) is 41.9 Å². The number of ether oxygens (including phenoxy) is 2. The molecule has 0 aliphatic rings. The maximum absolute atomic E-state index is 10.00. The molecule has 1 N–H and O–H groups in total. The molecular formula is C15H23NO3. The highest BCUT2D eigenvalue weighted by atomic mass is 16.5. The summed E-state index contributed by atoms with van der Waals surface area (Å²) in [7, 11) is 3.28. The van der Waals surface area contributed by atoms with Crippen molar-refractivity contribution in [2.24, 2.45) is 0 Å². The van der Waals surface area contributed by atoms with Crippen LogP contribution in [-0.2, 0) is 4.74 Å². The lowest BCUT2D eigenvalue weighted by atomic mass is 10.1. The van der Waals surface area contributed by atoms with Crippen LogP contribution < -0.4 is 9.64 Å². The van der Waals surface area contributed by atoms with E-state index in [9.17, 15) is 5.11 Å². The molecule has 0 saturated heterocycles. The number of benzene rings is 1. The normalized spacial score (nSPS) is 12.0. The molecule has 4 nitrogen and oxygen atoms in total. The van der Waals surface area contributed by atoms with E-state index in [0.717, 1.165) is 17.8 Å². The van der Waals surface area contributed by atoms with Gasteiger partial charge in [0.1, 0.15) is 5.75 Å². The van der Waals surface area contributed by atoms with Gasteiger partial charge in [-0.3, -0.25) is 0 Å². The largest absolute Gasteiger partial charge is 0.496 e. The molecule has 0 radical (unpaired) electrons. The van der Waals surface area contributed by atoms with E-state index >= 15 is 0 Å². The van der Waals surface area contributed by atoms with Crippen molar-refractivity contribution in [3.05, 3.63) is 36.4 Å². The van der Waals surface area contributed by atoms with Crippen LogP contribution in [0.3, 0.4) is 0 Å². The second-order valence-corrected chi connectivity index (χ2v) is 4.30. The molecular weight excluding hydrogens is 242 g/mol. The van der Waals surface area contributed by atoms with Crippen LogP contribution >= 0.6 is 0 Å². The van der Waals surface area contributed by atoms with Gasteiger partial charge in [0, 0.05) is 31.5 Å². The van der Waals surface area contributed by atoms with E-state index in [4.69, 9.17) is 9.47 Å². The Labute approximate surface area is 115 Å². The molecule has 0 aliphatic heterocycles. The minimum Gasteiger partial charge on any atom is -0.496 e. The Kier molecular flexibility index (Phi) is 6.39. The van der Waals surface area contributed by atoms with Crippen molar-refractivity contribution in [3.63, 3.8) is 0 Å². The van der Waals surface area contributed by atoms with E-state index in [1.165, 1.54) is 0 Å². The zero-order valence-corrected chi connectivity index (χ0v) is 11.9. The molecule has 0 fully saturated rings. The third kappa shape index (κ3) is 3.98. The van der Waals surface area contributed by atoms with Crippen molar-refractivity contribution in [1.29, 1.82) is 0 Å². The fourth-order valence-corrected chi connectivity index (χ4v) is 2.07. The maximum Gasteiger partial charge on any atom is 0.126 e. The highest BCUT2D eigenvalue weighted by molar-refractivity contribution is 5.60. The van der Waals surface area contributed by atoms with Gasteiger partial charge in [-0.05, 0) is 19.1 Å². The summed E-state index contributed by atoms with van der Waals surface area (Å²) in [5.74, 6) is 0.693. The number of hydrogen-bond donors (Lipinski definition) is 1. The first-order valence-corrected chi connectivity index (χ1v) is 6.35. The van der Waals surface area contributed by atoms with Gasteiger partial charge in [-0.1, -0.05) is 12.1 Å². The van der Waals surface area contributed by atoms with Gasteiger partial charge in [0.05, 0.1) is 19.8 Å². The number of aliphatic hydroxyl groups excluding tert-OH is 1. The summed E-state index contributed by atoms with van der Waals surface area (Å²) >= 11 is 0. The summed E-state index contributed by atoms with van der Waals surface area (Å²) in [5.41, 5.74) is 1.74. The van der Waals surface area contributed by atoms with Gasteiger partial charge in [0.15, 0.2) is 0 Å². The fraction of sp³-hybridized carbons (Fsp3) is 0.467. The molecule has 0 unspecified atom stereocenters. The molecule has 106 valence electrons. The first-order chi connectivity index (χ1) is 9.15. The third-order valence-electron chi connectivity index (χ3n) is 2.94. The summed E-state index contributed by atoms with van der Waals surface area (Å²) in [6.07, 6.45) is 1.24. The van der Waals surface area contributed by atoms with Crippen molar-refractivity contribution >= 4 is 5.69 Å². The van der Waals surface area contributed by atoms with Crippen molar-refractivity contribution in [2.45, 2.75) is 13.0 Å². The fourth-order valence-electron chi connectivity index (χ4n) is 2.07. The maximum atomic E-state index is 10.00. The summed E-state index contributed by atoms with van der Waals surface area (Å²) in [5, 5.41) is 10.00. The molecule has 0 bridgehead atoms. The quantitative estimate of drug-likeness (QED) is 0.733. The van der Waals surface area contributed by atoms with Gasteiger partial charge in [-0.15, -0.1) is 6.58 Å². The molecule has 1 rings (SSSR count). The van der Waals surface area contributed by atoms with Crippen LogP contribution in [0, 0.1) is 0 Å². The molecule has 0 aromatic heterocycles. The molecule has 1 aromatic rings. The Hall–Kier alpha value is -1.52. The molecule has 1 atom stereocenters. The van der Waals surface area contributed by atoms with E-state index in [-0.39, 0.29) is 0 Å². The van der Waals surface area contributed by atoms with E-state index in [1.807, 2.05) is 24.3 Å². The van der Waals surface area contributed by atoms with Crippen LogP contribution in [0.4, 0.5) is 5.69 Å². The van der Waals surface area contributed by atoms with Crippen molar-refractivity contribution in [1.82, 2.24) is 0 Å². The highest BCUT2D eigenvalue weighted by Crippen LogP contribution is 2.34. The van der Waals surface area contributed by atoms with Crippen molar-refractivity contribution in [3.8, 4) is 5.75 Å². The molecule has 0 aliphatic carbocycles. The third-order valence-corrected chi connectivity index (χ3v) is 2.94. The van der Waals surface area contributed by atoms with E-state index in [1.54, 1.807) is 21.1 Å². The smallest absolute Gasteiger partial charge is 0.126 e. The lowest BCUT2D eigenvalue weighted by Gasteiger charge is -2.27. The predicted molar refractivity (Wildman–Crippen MR) is 77.9 cm³/mol. The van der Waals surface area contributed by atoms with Crippen molar-refractivity contribution in [2.75, 3.05) is 38.8 Å². The van der Waals surface area contributed by atoms with Gasteiger partial charge in [-0.2, -0.15) is 0 Å². The lowest BCUT2D eigenvalue weighted by Crippen LogP contribution is -2.28. The Morgan fingerprint density at radius 1 is 1.42 bits per heavy atom. The Morgan fingerprint density at radius 2 is 2.16 bits per heavy atom. The molecule has 0 spiro atoms. The first-order valence-electron chi connectivity index (χ1n) is 6.35. The summed E-state index contributed by atoms with van der Waals surface area (Å²) < 4.78 is 10.5. The average molecular weight is 265 g/mol. The van der Waals surface area contributed by atoms with Crippen LogP contribution in [0.1, 0.15) is 18.6 Å². The van der Waals surface area contributed by atoms with Gasteiger partial charge in [0.2, 0.25) is 0 Å². The minimum atomic E-state index is -0.596. The van der Waals surface area contributed by atoms with Gasteiger partial charge in [-0.25, -0.2) is 0 Å². The molecule has 0 heterocycles. The Bertz CT molecular complexity index is 404. The monoisotopic (exact) mass is 265 g/mol. The van der Waals surface area contributed by atoms with Crippen LogP contribution in [0.25, 0.3) is 0 Å². The second kappa shape index (κ2) is 7.81. The number of anilines is 1. The number of methoxy groups -OCH3 is 2. The van der Waals surface area contributed by atoms with E-state index < -0.39 is 6.10 Å². The zero-order chi connectivity index (χ0) is 14.3. The number of nitrogens with zero attached hydrogens (tertiary/aromatic N) is 1. The van der Waals surface area contributed by atoms with Gasteiger partial charge in [0.25, 0.3) is 0 Å². The average Bonchev–Trinajstić information content (AvgIpc) is 2.42. The molecule has 0 amide bonds. The summed E-state index contributed by atoms with van der Waals surface area (Å²) in [6, 6.07) is 5.75. The van der Waals surface area contributed by atoms with E-state index in [0.29, 0.717) is 18.9 Å². The molecule has 4 heteroatoms. The first kappa shape index (κ1) is 15.5. The number of hydrogen-bond acceptors (Lipinski definition) is 4. The van der Waals surface area contributed by atoms with Gasteiger partial charge >= 0.3 is 0 Å². The zero-order valence-electron chi connectivity index (χ0n) is 11.9. The Balaban J connectivity index is 3.16. The Morgan fingerprint density at radius 3 is 2.68 bits per heavy atom. The standard InChI is InChI=1S/C15H23NO3/c1-5-9-16(10-11-18-3)13-7-6-8-14(19-4)15(13)12(2)17/h5-8,12,17H,1,9-11H2,2-4H3/t12-/m0/s1. The lowest BCUT2D eigenvalue weighted by molar-refractivity contribution is 0.193. The van der Waals surface area contributed by atoms with E-state index in [2.05, 4.69) is 11.5 Å². The van der Waals surface area contributed by atoms with Crippen LogP contribution in [0.15, 0.2) is 30.9 Å². The van der Waals surface area contributed by atoms with Crippen molar-refractivity contribution < 1.29 is 14.6 Å². The molecule has 19 heavy (non-hydrogen) atoms. The SMILES string of the molecule is C=CCN(CCOC)c1cccc(OC)c1[C@H](C)O. The van der Waals surface area contributed by atoms with Crippen LogP contribution in [-0.4, -0.2) is 39.0 Å². The summed E-state index contributed by atoms with van der Waals surface area (Å²) in [6.45, 7) is 7.55. The van der Waals surface area contributed by atoms with Gasteiger partial charge < -0.3 is 19.5 Å². The summed E-state index contributed by atoms with van der Waals surface area (Å²) in [4.78, 5) is 2.11.